The van der Waals surface area contributed by atoms with E-state index in [4.69, 9.17) is 4.74 Å². The Morgan fingerprint density at radius 1 is 0.846 bits per heavy atom. The van der Waals surface area contributed by atoms with Crippen LogP contribution in [0.3, 0.4) is 0 Å². The highest BCUT2D eigenvalue weighted by molar-refractivity contribution is 5.97. The van der Waals surface area contributed by atoms with E-state index in [0.29, 0.717) is 11.4 Å². The van der Waals surface area contributed by atoms with E-state index in [1.54, 1.807) is 38.3 Å². The maximum Gasteiger partial charge on any atom is 0.246 e. The van der Waals surface area contributed by atoms with Crippen LogP contribution in [-0.4, -0.2) is 25.0 Å². The molecule has 6 nitrogen and oxygen atoms in total. The number of para-hydroxylation sites is 2. The molecule has 0 saturated carbocycles. The van der Waals surface area contributed by atoms with Crippen LogP contribution in [0.2, 0.25) is 0 Å². The molecular formula is C20H25N3O3. The second kappa shape index (κ2) is 8.89. The van der Waals surface area contributed by atoms with Gasteiger partial charge in [0.05, 0.1) is 12.8 Å². The summed E-state index contributed by atoms with van der Waals surface area (Å²) in [6.07, 6.45) is 0. The molecule has 2 rings (SSSR count). The first-order valence-electron chi connectivity index (χ1n) is 8.52. The molecule has 0 saturated heterocycles. The zero-order valence-electron chi connectivity index (χ0n) is 15.5. The van der Waals surface area contributed by atoms with Gasteiger partial charge in [0.25, 0.3) is 0 Å². The molecule has 138 valence electrons. The van der Waals surface area contributed by atoms with Gasteiger partial charge in [-0.2, -0.15) is 0 Å². The molecular weight excluding hydrogens is 330 g/mol. The molecule has 2 aromatic rings. The van der Waals surface area contributed by atoms with Gasteiger partial charge in [-0.3, -0.25) is 9.59 Å². The van der Waals surface area contributed by atoms with Crippen LogP contribution in [0.5, 0.6) is 5.75 Å². The number of carbonyl (C=O) groups excluding carboxylic acids is 2. The normalized spacial score (nSPS) is 11.6. The maximum absolute atomic E-state index is 12.4. The van der Waals surface area contributed by atoms with Crippen molar-refractivity contribution in [3.63, 3.8) is 0 Å². The summed E-state index contributed by atoms with van der Waals surface area (Å²) in [6.45, 7) is 5.46. The van der Waals surface area contributed by atoms with Crippen LogP contribution in [0.1, 0.15) is 20.8 Å². The molecule has 0 spiro atoms. The molecule has 0 aliphatic rings. The number of anilines is 3. The van der Waals surface area contributed by atoms with E-state index in [1.165, 1.54) is 0 Å². The molecule has 0 radical (unpaired) electrons. The summed E-state index contributed by atoms with van der Waals surface area (Å²) in [5.41, 5.74) is 2.14. The number of rotatable bonds is 7. The predicted molar refractivity (Wildman–Crippen MR) is 105 cm³/mol. The van der Waals surface area contributed by atoms with Crippen molar-refractivity contribution in [2.75, 3.05) is 23.1 Å². The molecule has 0 bridgehead atoms. The first-order chi connectivity index (χ1) is 12.4. The highest BCUT2D eigenvalue weighted by Gasteiger charge is 2.15. The fourth-order valence-corrected chi connectivity index (χ4v) is 2.24. The summed E-state index contributed by atoms with van der Waals surface area (Å²) in [6, 6.07) is 14.0. The Labute approximate surface area is 153 Å². The van der Waals surface area contributed by atoms with Gasteiger partial charge < -0.3 is 20.7 Å². The number of nitrogens with one attached hydrogen (secondary N) is 3. The van der Waals surface area contributed by atoms with E-state index in [1.807, 2.05) is 38.1 Å². The van der Waals surface area contributed by atoms with E-state index in [-0.39, 0.29) is 17.7 Å². The van der Waals surface area contributed by atoms with Gasteiger partial charge in [0.2, 0.25) is 11.8 Å². The van der Waals surface area contributed by atoms with Crippen LogP contribution >= 0.6 is 0 Å². The van der Waals surface area contributed by atoms with Crippen LogP contribution in [0.4, 0.5) is 17.1 Å². The van der Waals surface area contributed by atoms with Gasteiger partial charge in [-0.25, -0.2) is 0 Å². The molecule has 0 aliphatic heterocycles. The lowest BCUT2D eigenvalue weighted by Gasteiger charge is -2.17. The third-order valence-corrected chi connectivity index (χ3v) is 3.82. The Bertz CT molecular complexity index is 757. The number of benzene rings is 2. The molecule has 1 unspecified atom stereocenters. The van der Waals surface area contributed by atoms with E-state index in [9.17, 15) is 9.59 Å². The minimum atomic E-state index is -0.448. The van der Waals surface area contributed by atoms with Gasteiger partial charge in [0.15, 0.2) is 0 Å². The molecule has 3 N–H and O–H groups in total. The first kappa shape index (κ1) is 19.3. The fraction of sp³-hybridized carbons (Fsp3) is 0.300. The summed E-state index contributed by atoms with van der Waals surface area (Å²) in [7, 11) is 1.56. The van der Waals surface area contributed by atoms with Gasteiger partial charge >= 0.3 is 0 Å². The Kier molecular flexibility index (Phi) is 6.60. The highest BCUT2D eigenvalue weighted by Crippen LogP contribution is 2.23. The topological polar surface area (TPSA) is 79.5 Å². The summed E-state index contributed by atoms with van der Waals surface area (Å²) in [5.74, 6) is 0.326. The van der Waals surface area contributed by atoms with Crippen LogP contribution < -0.4 is 20.7 Å². The highest BCUT2D eigenvalue weighted by atomic mass is 16.5. The van der Waals surface area contributed by atoms with Crippen molar-refractivity contribution < 1.29 is 14.3 Å². The zero-order chi connectivity index (χ0) is 19.1. The molecule has 0 heterocycles. The maximum atomic E-state index is 12.4. The fourth-order valence-electron chi connectivity index (χ4n) is 2.24. The van der Waals surface area contributed by atoms with Crippen molar-refractivity contribution in [3.05, 3.63) is 48.5 Å². The molecule has 26 heavy (non-hydrogen) atoms. The number of ether oxygens (including phenoxy) is 1. The summed E-state index contributed by atoms with van der Waals surface area (Å²) < 4.78 is 5.24. The predicted octanol–water partition coefficient (Wildman–Crippen LogP) is 3.73. The van der Waals surface area contributed by atoms with Crippen molar-refractivity contribution >= 4 is 28.9 Å². The number of amides is 2. The number of hydrogen-bond acceptors (Lipinski definition) is 4. The number of hydrogen-bond donors (Lipinski definition) is 3. The van der Waals surface area contributed by atoms with Gasteiger partial charge in [-0.1, -0.05) is 26.0 Å². The van der Waals surface area contributed by atoms with Gasteiger partial charge in [0.1, 0.15) is 11.8 Å². The van der Waals surface area contributed by atoms with Crippen molar-refractivity contribution in [2.45, 2.75) is 26.8 Å². The van der Waals surface area contributed by atoms with Crippen LogP contribution in [-0.2, 0) is 9.59 Å². The Hall–Kier alpha value is -3.02. The minimum absolute atomic E-state index is 0.0322. The lowest BCUT2D eigenvalue weighted by atomic mass is 10.2. The zero-order valence-corrected chi connectivity index (χ0v) is 15.5. The van der Waals surface area contributed by atoms with E-state index in [0.717, 1.165) is 11.4 Å². The molecule has 2 aromatic carbocycles. The average molecular weight is 355 g/mol. The van der Waals surface area contributed by atoms with E-state index >= 15 is 0 Å². The van der Waals surface area contributed by atoms with Crippen LogP contribution in [0.25, 0.3) is 0 Å². The third kappa shape index (κ3) is 5.24. The van der Waals surface area contributed by atoms with Crippen LogP contribution in [0, 0.1) is 5.92 Å². The smallest absolute Gasteiger partial charge is 0.246 e. The van der Waals surface area contributed by atoms with Crippen molar-refractivity contribution in [2.24, 2.45) is 5.92 Å². The second-order valence-corrected chi connectivity index (χ2v) is 6.28. The van der Waals surface area contributed by atoms with E-state index in [2.05, 4.69) is 16.0 Å². The van der Waals surface area contributed by atoms with Crippen molar-refractivity contribution in [1.82, 2.24) is 0 Å². The average Bonchev–Trinajstić information content (AvgIpc) is 2.63. The van der Waals surface area contributed by atoms with Crippen molar-refractivity contribution in [3.8, 4) is 5.75 Å². The minimum Gasteiger partial charge on any atom is -0.495 e. The Morgan fingerprint density at radius 3 is 2.08 bits per heavy atom. The third-order valence-electron chi connectivity index (χ3n) is 3.82. The van der Waals surface area contributed by atoms with Gasteiger partial charge in [-0.05, 0) is 43.3 Å². The molecule has 6 heteroatoms. The summed E-state index contributed by atoms with van der Waals surface area (Å²) in [5, 5.41) is 8.82. The second-order valence-electron chi connectivity index (χ2n) is 6.28. The summed E-state index contributed by atoms with van der Waals surface area (Å²) >= 11 is 0. The quantitative estimate of drug-likeness (QED) is 0.707. The number of carbonyl (C=O) groups is 2. The lowest BCUT2D eigenvalue weighted by molar-refractivity contribution is -0.119. The molecule has 0 fully saturated rings. The standard InChI is InChI=1S/C20H25N3O3/c1-13(2)19(24)22-16-11-9-15(10-12-16)21-14(3)20(25)23-17-7-5-6-8-18(17)26-4/h5-14,21H,1-4H3,(H,22,24)(H,23,25). The van der Waals surface area contributed by atoms with Crippen LogP contribution in [0.15, 0.2) is 48.5 Å². The number of methoxy groups -OCH3 is 1. The Morgan fingerprint density at radius 2 is 1.46 bits per heavy atom. The Balaban J connectivity index is 1.95. The molecule has 0 aliphatic carbocycles. The SMILES string of the molecule is COc1ccccc1NC(=O)C(C)Nc1ccc(NC(=O)C(C)C)cc1. The summed E-state index contributed by atoms with van der Waals surface area (Å²) in [4.78, 5) is 24.1. The molecule has 0 aromatic heterocycles. The van der Waals surface area contributed by atoms with Crippen molar-refractivity contribution in [1.29, 1.82) is 0 Å². The molecule has 1 atom stereocenters. The van der Waals surface area contributed by atoms with Gasteiger partial charge in [-0.15, -0.1) is 0 Å². The first-order valence-corrected chi connectivity index (χ1v) is 8.52. The van der Waals surface area contributed by atoms with Gasteiger partial charge in [0, 0.05) is 17.3 Å². The monoisotopic (exact) mass is 355 g/mol. The van der Waals surface area contributed by atoms with E-state index < -0.39 is 6.04 Å². The largest absolute Gasteiger partial charge is 0.495 e. The molecule has 2 amide bonds. The lowest BCUT2D eigenvalue weighted by Crippen LogP contribution is -2.32.